The Labute approximate surface area is 651 Å². The lowest BCUT2D eigenvalue weighted by molar-refractivity contribution is 0.954. The molecule has 9 heterocycles. The maximum Gasteiger partial charge on any atom is 0.238 e. The van der Waals surface area contributed by atoms with Crippen LogP contribution in [0, 0.1) is 0 Å². The summed E-state index contributed by atoms with van der Waals surface area (Å²) in [5.41, 5.74) is 21.1. The normalized spacial score (nSPS) is 12.0. The van der Waals surface area contributed by atoms with Crippen molar-refractivity contribution in [2.24, 2.45) is 0 Å². The van der Waals surface area contributed by atoms with Crippen molar-refractivity contribution in [2.75, 3.05) is 0 Å². The smallest absolute Gasteiger partial charge is 0.238 e. The highest BCUT2D eigenvalue weighted by Gasteiger charge is 2.25. The van der Waals surface area contributed by atoms with E-state index in [0.29, 0.717) is 17.6 Å². The van der Waals surface area contributed by atoms with E-state index in [1.807, 2.05) is 85.5 Å². The highest BCUT2D eigenvalue weighted by atomic mass is 15.2. The number of nitrogens with zero attached hydrogens (tertiary/aromatic N) is 11. The minimum Gasteiger partial charge on any atom is -0.309 e. The third-order valence-corrected chi connectivity index (χ3v) is 23.5. The van der Waals surface area contributed by atoms with Crippen LogP contribution >= 0.6 is 0 Å². The fourth-order valence-electron chi connectivity index (χ4n) is 18.5. The van der Waals surface area contributed by atoms with Gasteiger partial charge < -0.3 is 22.8 Å². The van der Waals surface area contributed by atoms with Crippen molar-refractivity contribution < 1.29 is 0 Å². The summed E-state index contributed by atoms with van der Waals surface area (Å²) in [5.74, 6) is 1.83. The van der Waals surface area contributed by atoms with E-state index in [4.69, 9.17) is 15.0 Å². The van der Waals surface area contributed by atoms with Crippen molar-refractivity contribution in [3.8, 4) is 57.2 Å². The Balaban J connectivity index is 0.000000132. The highest BCUT2D eigenvalue weighted by Crippen LogP contribution is 2.46. The molecule has 0 atom stereocenters. The Hall–Kier alpha value is -15.6. The van der Waals surface area contributed by atoms with Crippen LogP contribution in [0.25, 0.3) is 220 Å². The average molecular weight is 1450 g/mol. The van der Waals surface area contributed by atoms with Crippen LogP contribution in [0.1, 0.15) is 0 Å². The monoisotopic (exact) mass is 1450 g/mol. The van der Waals surface area contributed by atoms with E-state index in [1.165, 1.54) is 103 Å². The van der Waals surface area contributed by atoms with Crippen molar-refractivity contribution in [1.29, 1.82) is 0 Å². The molecule has 25 aromatic rings. The molecule has 25 rings (SSSR count). The molecule has 530 valence electrons. The molecule has 11 nitrogen and oxygen atoms in total. The minimum atomic E-state index is 0.576. The molecule has 16 aromatic carbocycles. The molecule has 0 N–H and O–H groups in total. The fraction of sp³-hybridized carbons (Fsp3) is 0. The lowest BCUT2D eigenvalue weighted by atomic mass is 9.94. The molecule has 9 aromatic heterocycles. The van der Waals surface area contributed by atoms with Crippen LogP contribution in [0.4, 0.5) is 0 Å². The Bertz CT molecular complexity index is 8200. The van der Waals surface area contributed by atoms with Crippen LogP contribution in [0.2, 0.25) is 0 Å². The van der Waals surface area contributed by atoms with Crippen molar-refractivity contribution in [3.63, 3.8) is 0 Å². The van der Waals surface area contributed by atoms with Gasteiger partial charge in [0, 0.05) is 117 Å². The molecule has 0 radical (unpaired) electrons. The molecule has 0 amide bonds. The SMILES string of the molecule is c1ccc(-c2nc(-c3ccccc3)nc(-n3c4ccccc4c4cc5c(cc43)c3ccccc3n5-c3ccc4c(c3)c3ccncc3n4-c3ccccc3)n2)cc1.c1ccc(-n2c3ccc(-n4c5ccccc5c5cc6c(cc54)c4ccccc4n6-c4ccc5c6ccccc6c6ccccc6c5c4)cc3c3ccncc32)cc1. The quantitative estimate of drug-likeness (QED) is 0.141. The molecular formula is C103H63N11. The van der Waals surface area contributed by atoms with Gasteiger partial charge in [0.05, 0.1) is 78.6 Å². The van der Waals surface area contributed by atoms with Gasteiger partial charge in [0.25, 0.3) is 0 Å². The van der Waals surface area contributed by atoms with E-state index in [2.05, 4.69) is 335 Å². The molecule has 0 bridgehead atoms. The standard InChI is InChI=1S/C53H32N4.C50H31N7/c1-2-12-33(13-3-1)55-50-25-23-35(29-45(50)43-26-27-54-32-53(43)55)57-49-21-11-9-19-42(49)47-30-51-46(31-52(47)57)41-18-8-10-20-48(41)56(51)34-22-24-40-38-16-5-4-14-36(38)37-15-6-7-17-39(37)44(40)28-34;1-4-14-32(15-5-1)48-52-49(33-16-6-2-7-17-33)54-50(53-48)57-43-23-13-11-21-37(43)41-29-45-40(30-46(41)57)36-20-10-12-22-42(36)56(45)35-24-25-44-39(28-35)38-26-27-51-31-47(38)55(44)34-18-8-3-9-19-34/h1-32H;1-31H. The molecule has 0 fully saturated rings. The van der Waals surface area contributed by atoms with E-state index in [1.54, 1.807) is 0 Å². The van der Waals surface area contributed by atoms with Crippen LogP contribution in [0.15, 0.2) is 383 Å². The zero-order chi connectivity index (χ0) is 74.6. The van der Waals surface area contributed by atoms with Crippen molar-refractivity contribution in [3.05, 3.63) is 383 Å². The third kappa shape index (κ3) is 9.53. The number of aromatic nitrogens is 11. The van der Waals surface area contributed by atoms with Gasteiger partial charge in [-0.3, -0.25) is 14.5 Å². The summed E-state index contributed by atoms with van der Waals surface area (Å²) in [6.07, 6.45) is 7.73. The highest BCUT2D eigenvalue weighted by molar-refractivity contribution is 6.27. The summed E-state index contributed by atoms with van der Waals surface area (Å²) in [4.78, 5) is 24.4. The molecule has 0 saturated carbocycles. The van der Waals surface area contributed by atoms with Gasteiger partial charge in [-0.2, -0.15) is 9.97 Å². The predicted molar refractivity (Wildman–Crippen MR) is 471 cm³/mol. The summed E-state index contributed by atoms with van der Waals surface area (Å²) in [7, 11) is 0. The van der Waals surface area contributed by atoms with Crippen LogP contribution in [0.5, 0.6) is 0 Å². The van der Waals surface area contributed by atoms with Gasteiger partial charge in [0.2, 0.25) is 5.95 Å². The van der Waals surface area contributed by atoms with E-state index < -0.39 is 0 Å². The van der Waals surface area contributed by atoms with Crippen LogP contribution in [-0.2, 0) is 0 Å². The summed E-state index contributed by atoms with van der Waals surface area (Å²) in [6, 6.07) is 129. The van der Waals surface area contributed by atoms with Crippen molar-refractivity contribution >= 4 is 163 Å². The number of hydrogen-bond acceptors (Lipinski definition) is 5. The zero-order valence-electron chi connectivity index (χ0n) is 61.3. The number of pyridine rings is 2. The molecule has 0 saturated heterocycles. The maximum absolute atomic E-state index is 5.17. The summed E-state index contributed by atoms with van der Waals surface area (Å²) in [6.45, 7) is 0. The molecule has 114 heavy (non-hydrogen) atoms. The third-order valence-electron chi connectivity index (χ3n) is 23.5. The molecular weight excluding hydrogens is 1390 g/mol. The molecule has 0 aliphatic heterocycles. The summed E-state index contributed by atoms with van der Waals surface area (Å²) in [5, 5.41) is 21.9. The lowest BCUT2D eigenvalue weighted by Gasteiger charge is -2.14. The van der Waals surface area contributed by atoms with Gasteiger partial charge in [-0.25, -0.2) is 4.98 Å². The van der Waals surface area contributed by atoms with Gasteiger partial charge >= 0.3 is 0 Å². The number of fused-ring (bicyclic) bond motifs is 24. The Morgan fingerprint density at radius 3 is 0.825 bits per heavy atom. The van der Waals surface area contributed by atoms with Gasteiger partial charge in [-0.05, 0) is 166 Å². The molecule has 11 heteroatoms. The Kier molecular flexibility index (Phi) is 13.9. The molecule has 0 spiro atoms. The minimum absolute atomic E-state index is 0.576. The Morgan fingerprint density at radius 2 is 0.430 bits per heavy atom. The number of para-hydroxylation sites is 6. The van der Waals surface area contributed by atoms with Gasteiger partial charge in [-0.15, -0.1) is 0 Å². The van der Waals surface area contributed by atoms with Gasteiger partial charge in [-0.1, -0.05) is 224 Å². The zero-order valence-corrected chi connectivity index (χ0v) is 61.3. The number of benzene rings is 16. The second kappa shape index (κ2) is 25.0. The van der Waals surface area contributed by atoms with Crippen LogP contribution in [0.3, 0.4) is 0 Å². The van der Waals surface area contributed by atoms with E-state index in [9.17, 15) is 0 Å². The first kappa shape index (κ1) is 63.3. The van der Waals surface area contributed by atoms with E-state index >= 15 is 0 Å². The first-order chi connectivity index (χ1) is 56.6. The van der Waals surface area contributed by atoms with Crippen molar-refractivity contribution in [2.45, 2.75) is 0 Å². The topological polar surface area (TPSA) is 94.0 Å². The van der Waals surface area contributed by atoms with Crippen LogP contribution in [-0.4, -0.2) is 52.3 Å². The molecule has 0 aliphatic rings. The summed E-state index contributed by atoms with van der Waals surface area (Å²) >= 11 is 0. The average Bonchev–Trinajstić information content (AvgIpc) is 1.53. The van der Waals surface area contributed by atoms with Gasteiger partial charge in [0.1, 0.15) is 0 Å². The number of hydrogen-bond donors (Lipinski definition) is 0. The predicted octanol–water partition coefficient (Wildman–Crippen LogP) is 25.7. The number of rotatable bonds is 8. The largest absolute Gasteiger partial charge is 0.309 e. The first-order valence-corrected chi connectivity index (χ1v) is 38.6. The second-order valence-electron chi connectivity index (χ2n) is 29.5. The van der Waals surface area contributed by atoms with E-state index in [0.717, 1.165) is 99.9 Å². The lowest BCUT2D eigenvalue weighted by Crippen LogP contribution is -2.06. The Morgan fingerprint density at radius 1 is 0.158 bits per heavy atom. The molecule has 0 aliphatic carbocycles. The maximum atomic E-state index is 5.17. The van der Waals surface area contributed by atoms with E-state index in [-0.39, 0.29) is 0 Å². The molecule has 0 unspecified atom stereocenters. The fourth-order valence-corrected chi connectivity index (χ4v) is 18.5. The first-order valence-electron chi connectivity index (χ1n) is 38.6. The second-order valence-corrected chi connectivity index (χ2v) is 29.5. The van der Waals surface area contributed by atoms with Crippen molar-refractivity contribution in [1.82, 2.24) is 52.3 Å². The van der Waals surface area contributed by atoms with Gasteiger partial charge in [0.15, 0.2) is 11.6 Å². The summed E-state index contributed by atoms with van der Waals surface area (Å²) < 4.78 is 14.2. The van der Waals surface area contributed by atoms with Crippen LogP contribution < -0.4 is 0 Å².